The Morgan fingerprint density at radius 2 is 2.19 bits per heavy atom. The van der Waals surface area contributed by atoms with Gasteiger partial charge < -0.3 is 9.67 Å². The molecular formula is C16H16N2O2S. The van der Waals surface area contributed by atoms with Gasteiger partial charge >= 0.3 is 5.97 Å². The normalized spacial score (nSPS) is 12.7. The van der Waals surface area contributed by atoms with Gasteiger partial charge in [-0.25, -0.2) is 9.78 Å². The fraction of sp³-hybridized carbons (Fsp3) is 0.250. The first-order chi connectivity index (χ1) is 10.0. The number of carboxylic acids is 1. The average molecular weight is 300 g/mol. The number of benzene rings is 1. The Balaban J connectivity index is 1.95. The molecule has 0 spiro atoms. The molecule has 1 aromatic carbocycles. The van der Waals surface area contributed by atoms with Crippen LogP contribution < -0.4 is 0 Å². The highest BCUT2D eigenvalue weighted by Gasteiger charge is 2.13. The summed E-state index contributed by atoms with van der Waals surface area (Å²) < 4.78 is 2.05. The van der Waals surface area contributed by atoms with Gasteiger partial charge in [-0.3, -0.25) is 0 Å². The molecule has 2 aromatic heterocycles. The van der Waals surface area contributed by atoms with Gasteiger partial charge in [-0.1, -0.05) is 0 Å². The van der Waals surface area contributed by atoms with E-state index < -0.39 is 5.97 Å². The third-order valence-corrected chi connectivity index (χ3v) is 4.61. The summed E-state index contributed by atoms with van der Waals surface area (Å²) >= 11 is 1.80. The maximum Gasteiger partial charge on any atom is 0.335 e. The largest absolute Gasteiger partial charge is 0.478 e. The quantitative estimate of drug-likeness (QED) is 0.795. The molecule has 108 valence electrons. The molecule has 1 unspecified atom stereocenters. The summed E-state index contributed by atoms with van der Waals surface area (Å²) in [6.45, 7) is 4.23. The van der Waals surface area contributed by atoms with E-state index in [1.807, 2.05) is 0 Å². The molecule has 4 nitrogen and oxygen atoms in total. The maximum absolute atomic E-state index is 11.1. The molecule has 0 aliphatic carbocycles. The molecule has 0 bridgehead atoms. The van der Waals surface area contributed by atoms with Crippen LogP contribution in [-0.2, 0) is 6.42 Å². The third kappa shape index (κ3) is 2.69. The Morgan fingerprint density at radius 3 is 2.86 bits per heavy atom. The van der Waals surface area contributed by atoms with Crippen molar-refractivity contribution in [3.63, 3.8) is 0 Å². The van der Waals surface area contributed by atoms with Gasteiger partial charge in [0.1, 0.15) is 0 Å². The number of aryl methyl sites for hydroxylation is 1. The zero-order chi connectivity index (χ0) is 15.0. The lowest BCUT2D eigenvalue weighted by Crippen LogP contribution is -2.06. The smallest absolute Gasteiger partial charge is 0.335 e. The molecule has 0 fully saturated rings. The molecule has 5 heteroatoms. The number of rotatable bonds is 4. The number of aromatic carboxylic acids is 1. The molecule has 0 saturated carbocycles. The number of thiophene rings is 1. The van der Waals surface area contributed by atoms with Crippen LogP contribution in [0.1, 0.15) is 33.1 Å². The molecule has 2 heterocycles. The molecule has 3 aromatic rings. The first kappa shape index (κ1) is 13.8. The lowest BCUT2D eigenvalue weighted by Gasteiger charge is -2.13. The van der Waals surface area contributed by atoms with Crippen molar-refractivity contribution in [3.05, 3.63) is 52.0 Å². The minimum atomic E-state index is -0.911. The van der Waals surface area contributed by atoms with E-state index in [4.69, 9.17) is 5.11 Å². The van der Waals surface area contributed by atoms with Crippen molar-refractivity contribution >= 4 is 28.3 Å². The Bertz CT molecular complexity index is 804. The fourth-order valence-corrected chi connectivity index (χ4v) is 3.50. The number of carbonyl (C=O) groups is 1. The second-order valence-corrected chi connectivity index (χ2v) is 6.60. The van der Waals surface area contributed by atoms with E-state index >= 15 is 0 Å². The van der Waals surface area contributed by atoms with E-state index in [0.717, 1.165) is 17.5 Å². The van der Waals surface area contributed by atoms with E-state index in [2.05, 4.69) is 35.5 Å². The summed E-state index contributed by atoms with van der Waals surface area (Å²) in [5, 5.41) is 9.12. The summed E-state index contributed by atoms with van der Waals surface area (Å²) in [5.74, 6) is -0.911. The average Bonchev–Trinajstić information content (AvgIpc) is 3.04. The van der Waals surface area contributed by atoms with Crippen molar-refractivity contribution in [3.8, 4) is 0 Å². The van der Waals surface area contributed by atoms with E-state index in [1.54, 1.807) is 35.9 Å². The number of hydrogen-bond acceptors (Lipinski definition) is 3. The Labute approximate surface area is 126 Å². The van der Waals surface area contributed by atoms with Crippen LogP contribution in [0.5, 0.6) is 0 Å². The standard InChI is InChI=1S/C16H16N2O2S/c1-10(7-13-5-3-11(2)21-13)18-9-17-14-6-4-12(16(19)20)8-15(14)18/h3-6,8-10H,7H2,1-2H3,(H,19,20). The molecule has 21 heavy (non-hydrogen) atoms. The molecule has 0 amide bonds. The predicted octanol–water partition coefficient (Wildman–Crippen LogP) is 3.91. The van der Waals surface area contributed by atoms with Crippen molar-refractivity contribution in [2.45, 2.75) is 26.3 Å². The number of imidazole rings is 1. The lowest BCUT2D eigenvalue weighted by atomic mass is 10.1. The Hall–Kier alpha value is -2.14. The number of fused-ring (bicyclic) bond motifs is 1. The van der Waals surface area contributed by atoms with Crippen molar-refractivity contribution in [1.82, 2.24) is 9.55 Å². The minimum Gasteiger partial charge on any atom is -0.478 e. The number of carboxylic acid groups (broad SMARTS) is 1. The number of aromatic nitrogens is 2. The summed E-state index contributed by atoms with van der Waals surface area (Å²) in [5.41, 5.74) is 1.99. The van der Waals surface area contributed by atoms with Gasteiger partial charge in [0.25, 0.3) is 0 Å². The molecule has 0 radical (unpaired) electrons. The van der Waals surface area contributed by atoms with Crippen molar-refractivity contribution in [2.24, 2.45) is 0 Å². The first-order valence-corrected chi connectivity index (χ1v) is 7.61. The molecule has 0 saturated heterocycles. The maximum atomic E-state index is 11.1. The minimum absolute atomic E-state index is 0.233. The number of hydrogen-bond donors (Lipinski definition) is 1. The summed E-state index contributed by atoms with van der Waals surface area (Å²) in [4.78, 5) is 18.1. The zero-order valence-corrected chi connectivity index (χ0v) is 12.7. The number of nitrogens with zero attached hydrogens (tertiary/aromatic N) is 2. The van der Waals surface area contributed by atoms with Crippen LogP contribution in [0.15, 0.2) is 36.7 Å². The van der Waals surface area contributed by atoms with Crippen LogP contribution >= 0.6 is 11.3 Å². The van der Waals surface area contributed by atoms with E-state index in [1.165, 1.54) is 9.75 Å². The second-order valence-electron chi connectivity index (χ2n) is 5.23. The van der Waals surface area contributed by atoms with Crippen molar-refractivity contribution in [1.29, 1.82) is 0 Å². The second kappa shape index (κ2) is 5.33. The van der Waals surface area contributed by atoms with Crippen LogP contribution in [0.2, 0.25) is 0 Å². The molecule has 1 atom stereocenters. The van der Waals surface area contributed by atoms with Crippen LogP contribution in [0.25, 0.3) is 11.0 Å². The van der Waals surface area contributed by atoms with Crippen molar-refractivity contribution < 1.29 is 9.90 Å². The highest BCUT2D eigenvalue weighted by Crippen LogP contribution is 2.25. The van der Waals surface area contributed by atoms with Gasteiger partial charge in [0.15, 0.2) is 0 Å². The Kier molecular flexibility index (Phi) is 3.51. The lowest BCUT2D eigenvalue weighted by molar-refractivity contribution is 0.0697. The van der Waals surface area contributed by atoms with Crippen LogP contribution in [0.4, 0.5) is 0 Å². The van der Waals surface area contributed by atoms with Gasteiger partial charge in [-0.2, -0.15) is 0 Å². The van der Waals surface area contributed by atoms with Gasteiger partial charge in [-0.15, -0.1) is 11.3 Å². The van der Waals surface area contributed by atoms with Crippen molar-refractivity contribution in [2.75, 3.05) is 0 Å². The van der Waals surface area contributed by atoms with Gasteiger partial charge in [0, 0.05) is 22.2 Å². The molecule has 1 N–H and O–H groups in total. The van der Waals surface area contributed by atoms with Crippen LogP contribution in [0.3, 0.4) is 0 Å². The van der Waals surface area contributed by atoms with Crippen LogP contribution in [0, 0.1) is 6.92 Å². The molecule has 3 rings (SSSR count). The Morgan fingerprint density at radius 1 is 1.38 bits per heavy atom. The first-order valence-electron chi connectivity index (χ1n) is 6.80. The SMILES string of the molecule is Cc1ccc(CC(C)n2cnc3ccc(C(=O)O)cc32)s1. The van der Waals surface area contributed by atoms with E-state index in [-0.39, 0.29) is 6.04 Å². The third-order valence-electron chi connectivity index (χ3n) is 3.59. The summed E-state index contributed by atoms with van der Waals surface area (Å²) in [6.07, 6.45) is 2.71. The predicted molar refractivity (Wildman–Crippen MR) is 84.2 cm³/mol. The van der Waals surface area contributed by atoms with Gasteiger partial charge in [0.05, 0.1) is 22.9 Å². The summed E-state index contributed by atoms with van der Waals surface area (Å²) in [7, 11) is 0. The van der Waals surface area contributed by atoms with Gasteiger partial charge in [0.2, 0.25) is 0 Å². The zero-order valence-electron chi connectivity index (χ0n) is 11.9. The molecule has 0 aliphatic rings. The monoisotopic (exact) mass is 300 g/mol. The molecular weight excluding hydrogens is 284 g/mol. The molecule has 0 aliphatic heterocycles. The van der Waals surface area contributed by atoms with Gasteiger partial charge in [-0.05, 0) is 44.2 Å². The van der Waals surface area contributed by atoms with E-state index in [0.29, 0.717) is 5.56 Å². The fourth-order valence-electron chi connectivity index (χ4n) is 2.49. The van der Waals surface area contributed by atoms with Crippen LogP contribution in [-0.4, -0.2) is 20.6 Å². The van der Waals surface area contributed by atoms with E-state index in [9.17, 15) is 4.79 Å². The summed E-state index contributed by atoms with van der Waals surface area (Å²) in [6, 6.07) is 9.56. The highest BCUT2D eigenvalue weighted by atomic mass is 32.1. The highest BCUT2D eigenvalue weighted by molar-refractivity contribution is 7.11. The topological polar surface area (TPSA) is 55.1 Å².